The van der Waals surface area contributed by atoms with Gasteiger partial charge in [0.2, 0.25) is 0 Å². The monoisotopic (exact) mass is 495 g/mol. The molecule has 0 radical (unpaired) electrons. The number of pyridine rings is 1. The third-order valence-corrected chi connectivity index (χ3v) is 7.73. The molecule has 0 unspecified atom stereocenters. The van der Waals surface area contributed by atoms with Gasteiger partial charge in [0.1, 0.15) is 22.8 Å². The van der Waals surface area contributed by atoms with E-state index in [4.69, 9.17) is 4.74 Å². The zero-order chi connectivity index (χ0) is 24.4. The number of amides is 2. The number of piperazine rings is 2. The van der Waals surface area contributed by atoms with Crippen molar-refractivity contribution in [3.05, 3.63) is 41.2 Å². The average molecular weight is 496 g/mol. The predicted molar refractivity (Wildman–Crippen MR) is 135 cm³/mol. The Labute approximate surface area is 208 Å². The van der Waals surface area contributed by atoms with Crippen molar-refractivity contribution in [2.24, 2.45) is 0 Å². The molecule has 2 aliphatic rings. The second-order valence-electron chi connectivity index (χ2n) is 8.57. The van der Waals surface area contributed by atoms with Gasteiger partial charge in [-0.2, -0.15) is 0 Å². The van der Waals surface area contributed by atoms with Gasteiger partial charge in [-0.3, -0.25) is 4.79 Å². The number of carbonyl (C=O) groups excluding carboxylic acids is 2. The maximum Gasteiger partial charge on any atom is 0.409 e. The summed E-state index contributed by atoms with van der Waals surface area (Å²) in [5.41, 5.74) is 0.922. The fraction of sp³-hybridized carbons (Fsp3) is 0.458. The lowest BCUT2D eigenvalue weighted by atomic mass is 10.1. The number of aryl methyl sites for hydroxylation is 1. The van der Waals surface area contributed by atoms with E-state index in [0.29, 0.717) is 37.7 Å². The van der Waals surface area contributed by atoms with Gasteiger partial charge in [0, 0.05) is 58.6 Å². The van der Waals surface area contributed by atoms with E-state index in [1.807, 2.05) is 36.2 Å². The minimum Gasteiger partial charge on any atom is -0.450 e. The van der Waals surface area contributed by atoms with E-state index in [0.717, 1.165) is 53.6 Å². The van der Waals surface area contributed by atoms with Crippen molar-refractivity contribution in [1.82, 2.24) is 24.8 Å². The summed E-state index contributed by atoms with van der Waals surface area (Å²) in [6.07, 6.45) is 3.09. The number of hydrogen-bond donors (Lipinski definition) is 0. The number of carbonyl (C=O) groups is 2. The van der Waals surface area contributed by atoms with Crippen LogP contribution in [0.15, 0.2) is 30.7 Å². The van der Waals surface area contributed by atoms with E-state index in [1.54, 1.807) is 18.2 Å². The Balaban J connectivity index is 1.31. The van der Waals surface area contributed by atoms with Crippen molar-refractivity contribution in [3.8, 4) is 0 Å². The number of hydrogen-bond acceptors (Lipinski definition) is 9. The maximum atomic E-state index is 13.4. The number of fused-ring (bicyclic) bond motifs is 1. The van der Waals surface area contributed by atoms with E-state index in [9.17, 15) is 9.59 Å². The molecule has 0 atom stereocenters. The number of nitrogens with zero attached hydrogens (tertiary/aromatic N) is 7. The smallest absolute Gasteiger partial charge is 0.409 e. The number of aromatic nitrogens is 3. The van der Waals surface area contributed by atoms with Crippen LogP contribution in [0.2, 0.25) is 0 Å². The highest BCUT2D eigenvalue weighted by Gasteiger charge is 2.30. The van der Waals surface area contributed by atoms with Crippen molar-refractivity contribution >= 4 is 45.2 Å². The van der Waals surface area contributed by atoms with E-state index in [2.05, 4.69) is 24.8 Å². The SMILES string of the molecule is CCOC(=O)N1CCN(C(=O)c2sc3ncnc(N4CCN(c5ccccn5)CC4)c3c2C)CC1. The molecule has 0 spiro atoms. The van der Waals surface area contributed by atoms with Crippen LogP contribution in [0.1, 0.15) is 22.2 Å². The Kier molecular flexibility index (Phi) is 6.67. The second kappa shape index (κ2) is 10.0. The molecule has 10 nitrogen and oxygen atoms in total. The van der Waals surface area contributed by atoms with Gasteiger partial charge in [-0.05, 0) is 31.5 Å². The Bertz CT molecular complexity index is 1200. The molecule has 184 valence electrons. The van der Waals surface area contributed by atoms with Crippen LogP contribution in [0, 0.1) is 6.92 Å². The molecule has 5 heterocycles. The molecule has 0 bridgehead atoms. The van der Waals surface area contributed by atoms with Gasteiger partial charge < -0.3 is 24.3 Å². The van der Waals surface area contributed by atoms with Crippen molar-refractivity contribution < 1.29 is 14.3 Å². The van der Waals surface area contributed by atoms with E-state index in [1.165, 1.54) is 11.3 Å². The van der Waals surface area contributed by atoms with Crippen LogP contribution in [-0.4, -0.2) is 95.7 Å². The highest BCUT2D eigenvalue weighted by atomic mass is 32.1. The standard InChI is InChI=1S/C24H29N7O3S/c1-3-34-24(33)31-14-12-30(13-15-31)23(32)20-17(2)19-21(26-16-27-22(19)35-20)29-10-8-28(9-11-29)18-6-4-5-7-25-18/h4-7,16H,3,8-15H2,1-2H3. The van der Waals surface area contributed by atoms with Crippen LogP contribution in [0.3, 0.4) is 0 Å². The second-order valence-corrected chi connectivity index (χ2v) is 9.57. The molecule has 3 aromatic heterocycles. The van der Waals surface area contributed by atoms with Gasteiger partial charge in [0.15, 0.2) is 0 Å². The first kappa shape index (κ1) is 23.3. The Hall–Kier alpha value is -3.47. The molecule has 2 aliphatic heterocycles. The molecule has 0 aromatic carbocycles. The van der Waals surface area contributed by atoms with Gasteiger partial charge in [0.05, 0.1) is 16.9 Å². The summed E-state index contributed by atoms with van der Waals surface area (Å²) >= 11 is 1.42. The first-order chi connectivity index (χ1) is 17.1. The van der Waals surface area contributed by atoms with Gasteiger partial charge >= 0.3 is 6.09 Å². The fourth-order valence-corrected chi connectivity index (χ4v) is 5.75. The number of ether oxygens (including phenoxy) is 1. The molecule has 2 fully saturated rings. The molecule has 11 heteroatoms. The number of rotatable bonds is 4. The summed E-state index contributed by atoms with van der Waals surface area (Å²) in [5, 5.41) is 0.956. The van der Waals surface area contributed by atoms with E-state index >= 15 is 0 Å². The molecule has 3 aromatic rings. The molecule has 0 N–H and O–H groups in total. The largest absolute Gasteiger partial charge is 0.450 e. The van der Waals surface area contributed by atoms with Crippen LogP contribution in [-0.2, 0) is 4.74 Å². The van der Waals surface area contributed by atoms with E-state index in [-0.39, 0.29) is 12.0 Å². The third kappa shape index (κ3) is 4.60. The minimum absolute atomic E-state index is 0.0140. The van der Waals surface area contributed by atoms with Gasteiger partial charge in [-0.15, -0.1) is 11.3 Å². The van der Waals surface area contributed by atoms with Crippen LogP contribution < -0.4 is 9.80 Å². The summed E-state index contributed by atoms with van der Waals surface area (Å²) < 4.78 is 5.08. The summed E-state index contributed by atoms with van der Waals surface area (Å²) in [6, 6.07) is 5.97. The Morgan fingerprint density at radius 3 is 2.34 bits per heavy atom. The minimum atomic E-state index is -0.319. The molecular formula is C24H29N7O3S. The summed E-state index contributed by atoms with van der Waals surface area (Å²) in [7, 11) is 0. The summed E-state index contributed by atoms with van der Waals surface area (Å²) in [4.78, 5) is 48.5. The zero-order valence-corrected chi connectivity index (χ0v) is 20.8. The summed E-state index contributed by atoms with van der Waals surface area (Å²) in [6.45, 7) is 9.37. The molecular weight excluding hydrogens is 466 g/mol. The lowest BCUT2D eigenvalue weighted by molar-refractivity contribution is 0.0574. The molecule has 2 saturated heterocycles. The first-order valence-corrected chi connectivity index (χ1v) is 12.7. The van der Waals surface area contributed by atoms with Crippen LogP contribution in [0.25, 0.3) is 10.2 Å². The number of thiophene rings is 1. The van der Waals surface area contributed by atoms with Crippen LogP contribution in [0.5, 0.6) is 0 Å². The average Bonchev–Trinajstić information content (AvgIpc) is 3.25. The molecule has 2 amide bonds. The predicted octanol–water partition coefficient (Wildman–Crippen LogP) is 2.64. The van der Waals surface area contributed by atoms with Crippen molar-refractivity contribution in [3.63, 3.8) is 0 Å². The van der Waals surface area contributed by atoms with Crippen LogP contribution in [0.4, 0.5) is 16.4 Å². The topological polar surface area (TPSA) is 95.0 Å². The van der Waals surface area contributed by atoms with Gasteiger partial charge in [-0.1, -0.05) is 6.07 Å². The zero-order valence-electron chi connectivity index (χ0n) is 20.0. The summed E-state index contributed by atoms with van der Waals surface area (Å²) in [5.74, 6) is 1.86. The third-order valence-electron chi connectivity index (χ3n) is 6.55. The lowest BCUT2D eigenvalue weighted by Gasteiger charge is -2.36. The lowest BCUT2D eigenvalue weighted by Crippen LogP contribution is -2.50. The van der Waals surface area contributed by atoms with Gasteiger partial charge in [-0.25, -0.2) is 19.7 Å². The molecule has 5 rings (SSSR count). The van der Waals surface area contributed by atoms with Crippen molar-refractivity contribution in [2.75, 3.05) is 68.8 Å². The van der Waals surface area contributed by atoms with Crippen molar-refractivity contribution in [1.29, 1.82) is 0 Å². The molecule has 0 saturated carbocycles. The Morgan fingerprint density at radius 2 is 1.66 bits per heavy atom. The normalized spacial score (nSPS) is 16.6. The first-order valence-electron chi connectivity index (χ1n) is 11.9. The molecule has 35 heavy (non-hydrogen) atoms. The highest BCUT2D eigenvalue weighted by molar-refractivity contribution is 7.20. The fourth-order valence-electron chi connectivity index (χ4n) is 4.64. The maximum absolute atomic E-state index is 13.4. The number of anilines is 2. The Morgan fingerprint density at radius 1 is 0.943 bits per heavy atom. The molecule has 0 aliphatic carbocycles. The van der Waals surface area contributed by atoms with Crippen LogP contribution >= 0.6 is 11.3 Å². The van der Waals surface area contributed by atoms with Crippen molar-refractivity contribution in [2.45, 2.75) is 13.8 Å². The highest BCUT2D eigenvalue weighted by Crippen LogP contribution is 2.36. The quantitative estimate of drug-likeness (QED) is 0.545. The van der Waals surface area contributed by atoms with E-state index < -0.39 is 0 Å². The van der Waals surface area contributed by atoms with Gasteiger partial charge in [0.25, 0.3) is 5.91 Å².